The van der Waals surface area contributed by atoms with Gasteiger partial charge in [0.2, 0.25) is 0 Å². The van der Waals surface area contributed by atoms with Crippen molar-refractivity contribution in [2.45, 2.75) is 24.9 Å². The number of amides is 1. The number of nitrogens with one attached hydrogen (secondary N) is 1. The van der Waals surface area contributed by atoms with Crippen LogP contribution in [0.3, 0.4) is 0 Å². The van der Waals surface area contributed by atoms with Crippen molar-refractivity contribution in [2.75, 3.05) is 18.1 Å². The molecule has 1 fully saturated rings. The number of rotatable bonds is 0. The van der Waals surface area contributed by atoms with E-state index in [0.29, 0.717) is 17.0 Å². The van der Waals surface area contributed by atoms with Crippen molar-refractivity contribution in [3.63, 3.8) is 0 Å². The number of hydrogen-bond donors (Lipinski definition) is 1. The predicted octanol–water partition coefficient (Wildman–Crippen LogP) is 2.42. The number of benzene rings is 1. The van der Waals surface area contributed by atoms with Crippen molar-refractivity contribution < 1.29 is 13.9 Å². The molecule has 3 aromatic rings. The summed E-state index contributed by atoms with van der Waals surface area (Å²) in [6.07, 6.45) is 6.35. The number of ether oxygens (including phenoxy) is 1. The molecule has 0 unspecified atom stereocenters. The van der Waals surface area contributed by atoms with Crippen molar-refractivity contribution in [3.8, 4) is 5.75 Å². The fraction of sp³-hybridized carbons (Fsp3) is 0.286. The van der Waals surface area contributed by atoms with Crippen molar-refractivity contribution in [2.24, 2.45) is 0 Å². The van der Waals surface area contributed by atoms with Gasteiger partial charge >= 0.3 is 0 Å². The van der Waals surface area contributed by atoms with Gasteiger partial charge in [-0.2, -0.15) is 5.10 Å². The third-order valence-electron chi connectivity index (χ3n) is 5.91. The highest BCUT2D eigenvalue weighted by Gasteiger charge is 2.56. The maximum absolute atomic E-state index is 14.2. The molecule has 4 heterocycles. The van der Waals surface area contributed by atoms with Gasteiger partial charge in [0.1, 0.15) is 35.1 Å². The highest BCUT2D eigenvalue weighted by molar-refractivity contribution is 6.00. The molecule has 2 bridgehead atoms. The third kappa shape index (κ3) is 2.25. The first-order chi connectivity index (χ1) is 14.1. The lowest BCUT2D eigenvalue weighted by Gasteiger charge is -2.31. The zero-order valence-electron chi connectivity index (χ0n) is 15.7. The fourth-order valence-corrected chi connectivity index (χ4v) is 4.48. The van der Waals surface area contributed by atoms with Gasteiger partial charge in [0.15, 0.2) is 5.65 Å². The van der Waals surface area contributed by atoms with Gasteiger partial charge in [0, 0.05) is 18.3 Å². The molecule has 1 spiro atoms. The molecular weight excluding hydrogens is 373 g/mol. The van der Waals surface area contributed by atoms with Crippen LogP contribution < -0.4 is 15.0 Å². The number of carbonyl (C=O) groups excluding carboxylic acids is 1. The summed E-state index contributed by atoms with van der Waals surface area (Å²) in [6, 6.07) is 6.24. The zero-order chi connectivity index (χ0) is 19.8. The van der Waals surface area contributed by atoms with Gasteiger partial charge in [0.05, 0.1) is 12.2 Å². The number of aromatic nitrogens is 3. The molecule has 2 aliphatic heterocycles. The van der Waals surface area contributed by atoms with Crippen LogP contribution in [0, 0.1) is 5.82 Å². The Morgan fingerprint density at radius 2 is 2.24 bits per heavy atom. The Morgan fingerprint density at radius 3 is 3.10 bits per heavy atom. The topological polar surface area (TPSA) is 71.8 Å². The second-order valence-corrected chi connectivity index (χ2v) is 7.78. The molecule has 1 N–H and O–H groups in total. The molecule has 29 heavy (non-hydrogen) atoms. The summed E-state index contributed by atoms with van der Waals surface area (Å²) in [5, 5.41) is 7.18. The molecule has 2 atom stereocenters. The van der Waals surface area contributed by atoms with Crippen LogP contribution in [-0.2, 0) is 5.54 Å². The Balaban J connectivity index is 1.58. The summed E-state index contributed by atoms with van der Waals surface area (Å²) in [7, 11) is 0. The number of halogens is 1. The number of carbonyl (C=O) groups is 1. The fourth-order valence-electron chi connectivity index (χ4n) is 4.48. The number of nitrogens with zero attached hydrogens (tertiary/aromatic N) is 4. The van der Waals surface area contributed by atoms with Gasteiger partial charge in [-0.05, 0) is 49.3 Å². The minimum atomic E-state index is -0.516. The lowest BCUT2D eigenvalue weighted by atomic mass is 9.98. The molecule has 6 rings (SSSR count). The normalized spacial score (nSPS) is 25.0. The summed E-state index contributed by atoms with van der Waals surface area (Å²) in [6.45, 7) is 2.90. The summed E-state index contributed by atoms with van der Waals surface area (Å²) >= 11 is 0. The van der Waals surface area contributed by atoms with E-state index in [1.54, 1.807) is 22.8 Å². The van der Waals surface area contributed by atoms with Crippen LogP contribution in [0.2, 0.25) is 0 Å². The highest BCUT2D eigenvalue weighted by Crippen LogP contribution is 2.59. The second kappa shape index (κ2) is 5.56. The molecule has 1 aliphatic carbocycles. The zero-order valence-corrected chi connectivity index (χ0v) is 15.7. The number of anilines is 1. The van der Waals surface area contributed by atoms with Crippen LogP contribution in [0.25, 0.3) is 5.65 Å². The quantitative estimate of drug-likeness (QED) is 0.596. The lowest BCUT2D eigenvalue weighted by molar-refractivity contribution is 0.0928. The Labute approximate surface area is 165 Å². The van der Waals surface area contributed by atoms with Crippen molar-refractivity contribution >= 4 is 17.4 Å². The molecule has 8 heteroatoms. The lowest BCUT2D eigenvalue weighted by Crippen LogP contribution is -2.37. The van der Waals surface area contributed by atoms with Gasteiger partial charge in [-0.15, -0.1) is 0 Å². The average Bonchev–Trinajstić information content (AvgIpc) is 3.09. The van der Waals surface area contributed by atoms with Gasteiger partial charge in [-0.25, -0.2) is 13.9 Å². The maximum atomic E-state index is 14.2. The minimum absolute atomic E-state index is 0.247. The SMILES string of the molecule is C[C@@H]1COc2ccc(F)cc2[C@]23C=C2CCN3c2ccn3ncc(c3n2)C(=O)N1. The van der Waals surface area contributed by atoms with Gasteiger partial charge in [0.25, 0.3) is 5.91 Å². The molecule has 0 saturated carbocycles. The van der Waals surface area contributed by atoms with Crippen LogP contribution in [0.1, 0.15) is 29.3 Å². The maximum Gasteiger partial charge on any atom is 0.257 e. The van der Waals surface area contributed by atoms with E-state index in [1.165, 1.54) is 17.8 Å². The van der Waals surface area contributed by atoms with E-state index in [4.69, 9.17) is 9.72 Å². The van der Waals surface area contributed by atoms with Gasteiger partial charge in [-0.1, -0.05) is 0 Å². The molecule has 1 amide bonds. The van der Waals surface area contributed by atoms with Crippen LogP contribution in [0.4, 0.5) is 10.2 Å². The largest absolute Gasteiger partial charge is 0.491 e. The Hall–Kier alpha value is -3.42. The number of fused-ring (bicyclic) bond motifs is 3. The second-order valence-electron chi connectivity index (χ2n) is 7.78. The highest BCUT2D eigenvalue weighted by atomic mass is 19.1. The van der Waals surface area contributed by atoms with E-state index in [-0.39, 0.29) is 24.4 Å². The van der Waals surface area contributed by atoms with Gasteiger partial charge < -0.3 is 15.0 Å². The summed E-state index contributed by atoms with van der Waals surface area (Å²) in [5.74, 6) is 0.786. The third-order valence-corrected chi connectivity index (χ3v) is 5.91. The van der Waals surface area contributed by atoms with Crippen LogP contribution in [0.5, 0.6) is 5.75 Å². The van der Waals surface area contributed by atoms with E-state index >= 15 is 0 Å². The summed E-state index contributed by atoms with van der Waals surface area (Å²) < 4.78 is 21.9. The van der Waals surface area contributed by atoms with E-state index in [1.807, 2.05) is 13.0 Å². The predicted molar refractivity (Wildman–Crippen MR) is 104 cm³/mol. The monoisotopic (exact) mass is 391 g/mol. The van der Waals surface area contributed by atoms with Crippen LogP contribution in [0.15, 0.2) is 48.3 Å². The molecule has 1 saturated heterocycles. The Kier molecular flexibility index (Phi) is 3.17. The first-order valence-corrected chi connectivity index (χ1v) is 9.64. The molecular formula is C21H18FN5O2. The first-order valence-electron chi connectivity index (χ1n) is 9.64. The van der Waals surface area contributed by atoms with Crippen molar-refractivity contribution in [3.05, 3.63) is 65.3 Å². The Bertz CT molecular complexity index is 1220. The molecule has 3 aliphatic rings. The van der Waals surface area contributed by atoms with E-state index in [0.717, 1.165) is 24.3 Å². The van der Waals surface area contributed by atoms with E-state index in [9.17, 15) is 9.18 Å². The van der Waals surface area contributed by atoms with Crippen molar-refractivity contribution in [1.29, 1.82) is 0 Å². The molecule has 0 radical (unpaired) electrons. The van der Waals surface area contributed by atoms with Crippen LogP contribution in [-0.4, -0.2) is 39.7 Å². The van der Waals surface area contributed by atoms with Gasteiger partial charge in [-0.3, -0.25) is 4.79 Å². The molecule has 7 nitrogen and oxygen atoms in total. The average molecular weight is 391 g/mol. The first kappa shape index (κ1) is 16.5. The molecule has 146 valence electrons. The minimum Gasteiger partial charge on any atom is -0.491 e. The van der Waals surface area contributed by atoms with Crippen LogP contribution >= 0.6 is 0 Å². The summed E-state index contributed by atoms with van der Waals surface area (Å²) in [5.41, 5.74) is 2.41. The van der Waals surface area contributed by atoms with E-state index in [2.05, 4.69) is 21.4 Å². The molecule has 1 aromatic carbocycles. The Morgan fingerprint density at radius 1 is 1.34 bits per heavy atom. The number of hydrogen-bond acceptors (Lipinski definition) is 5. The standard InChI is InChI=1S/C21H18FN5O2/c1-12-11-29-17-3-2-14(22)8-16(17)21-9-13(21)4-6-26(21)18-5-7-27-19(25-18)15(10-23-27)20(28)24-12/h2-3,5,7-10,12H,4,6,11H2,1H3,(H,24,28)/t12-,21+/m1/s1. The summed E-state index contributed by atoms with van der Waals surface area (Å²) in [4.78, 5) is 19.7. The molecule has 2 aromatic heterocycles. The van der Waals surface area contributed by atoms with Crippen molar-refractivity contribution in [1.82, 2.24) is 19.9 Å². The van der Waals surface area contributed by atoms with E-state index < -0.39 is 5.54 Å². The smallest absolute Gasteiger partial charge is 0.257 e.